The topological polar surface area (TPSA) is 90.6 Å². The number of hydrogen-bond donors (Lipinski definition) is 2. The lowest BCUT2D eigenvalue weighted by Crippen LogP contribution is -2.45. The molecule has 35 heavy (non-hydrogen) atoms. The van der Waals surface area contributed by atoms with Crippen LogP contribution in [0.25, 0.3) is 0 Å². The number of hydrogen-bond acceptors (Lipinski definition) is 5. The molecule has 0 radical (unpaired) electrons. The summed E-state index contributed by atoms with van der Waals surface area (Å²) in [5, 5.41) is 9.67. The summed E-state index contributed by atoms with van der Waals surface area (Å²) in [4.78, 5) is 29.6. The summed E-state index contributed by atoms with van der Waals surface area (Å²) in [6.45, 7) is 4.59. The fraction of sp³-hybridized carbons (Fsp3) is 0.560. The van der Waals surface area contributed by atoms with Crippen LogP contribution >= 0.6 is 0 Å². The lowest BCUT2D eigenvalue weighted by atomic mass is 9.85. The molecule has 2 aromatic rings. The number of rotatable bonds is 6. The fourth-order valence-electron chi connectivity index (χ4n) is 5.10. The molecule has 2 N–H and O–H groups in total. The van der Waals surface area contributed by atoms with Crippen LogP contribution in [0.5, 0.6) is 0 Å². The first-order valence-corrected chi connectivity index (χ1v) is 12.0. The third-order valence-corrected chi connectivity index (χ3v) is 7.07. The summed E-state index contributed by atoms with van der Waals surface area (Å²) in [6.07, 6.45) is 4.99. The highest BCUT2D eigenvalue weighted by Gasteiger charge is 2.45. The summed E-state index contributed by atoms with van der Waals surface area (Å²) in [5.41, 5.74) is 0.255. The predicted molar refractivity (Wildman–Crippen MR) is 127 cm³/mol. The minimum absolute atomic E-state index is 0.179. The van der Waals surface area contributed by atoms with Gasteiger partial charge < -0.3 is 15.0 Å². The molecule has 1 fully saturated rings. The number of ether oxygens (including phenoxy) is 1. The first-order valence-electron chi connectivity index (χ1n) is 12.0. The molecule has 1 aliphatic carbocycles. The standard InChI is InChI=1S/C25H33F2N5O3/c1-25(2)21-18(22(30-29-21)28-23(33)17-11-10-16(26)12-19(17)27)13-32(25)24(34)35-20(14-31(3)4)15-8-6-5-7-9-15/h10-12,15,20H,5-9,13-14H2,1-4H3,(H2,28,29,30,33)/t20-/m1/s1. The lowest BCUT2D eigenvalue weighted by Gasteiger charge is -2.36. The van der Waals surface area contributed by atoms with Crippen molar-refractivity contribution in [2.45, 2.75) is 64.1 Å². The van der Waals surface area contributed by atoms with Crippen LogP contribution in [0.3, 0.4) is 0 Å². The van der Waals surface area contributed by atoms with Crippen LogP contribution in [0, 0.1) is 17.6 Å². The Morgan fingerprint density at radius 3 is 2.63 bits per heavy atom. The van der Waals surface area contributed by atoms with E-state index >= 15 is 0 Å². The van der Waals surface area contributed by atoms with Gasteiger partial charge in [0.05, 0.1) is 23.3 Å². The Bertz CT molecular complexity index is 1090. The van der Waals surface area contributed by atoms with Gasteiger partial charge in [0.2, 0.25) is 0 Å². The normalized spacial score (nSPS) is 18.4. The third-order valence-electron chi connectivity index (χ3n) is 7.07. The first kappa shape index (κ1) is 25.1. The van der Waals surface area contributed by atoms with Gasteiger partial charge >= 0.3 is 6.09 Å². The molecule has 4 rings (SSSR count). The maximum Gasteiger partial charge on any atom is 0.411 e. The van der Waals surface area contributed by atoms with E-state index in [2.05, 4.69) is 15.5 Å². The number of anilines is 1. The molecule has 0 bridgehead atoms. The molecule has 2 aliphatic rings. The molecular formula is C25H33F2N5O3. The number of H-pyrrole nitrogens is 1. The van der Waals surface area contributed by atoms with Gasteiger partial charge in [-0.05, 0) is 58.8 Å². The summed E-state index contributed by atoms with van der Waals surface area (Å²) >= 11 is 0. The van der Waals surface area contributed by atoms with Crippen LogP contribution in [-0.4, -0.2) is 58.7 Å². The second-order valence-corrected chi connectivity index (χ2v) is 10.2. The second kappa shape index (κ2) is 9.93. The molecule has 2 amide bonds. The van der Waals surface area contributed by atoms with Gasteiger partial charge in [0, 0.05) is 18.2 Å². The van der Waals surface area contributed by atoms with E-state index in [9.17, 15) is 18.4 Å². The third kappa shape index (κ3) is 5.17. The number of aromatic nitrogens is 2. The highest BCUT2D eigenvalue weighted by molar-refractivity contribution is 6.04. The minimum atomic E-state index is -0.963. The molecule has 0 saturated heterocycles. The van der Waals surface area contributed by atoms with Gasteiger partial charge in [-0.2, -0.15) is 5.10 Å². The Kier molecular flexibility index (Phi) is 7.12. The van der Waals surface area contributed by atoms with Crippen LogP contribution in [0.4, 0.5) is 19.4 Å². The smallest absolute Gasteiger partial charge is 0.411 e. The minimum Gasteiger partial charge on any atom is -0.444 e. The number of halogens is 2. The number of amides is 2. The van der Waals surface area contributed by atoms with E-state index in [-0.39, 0.29) is 24.0 Å². The Labute approximate surface area is 204 Å². The van der Waals surface area contributed by atoms with Gasteiger partial charge in [0.15, 0.2) is 5.82 Å². The summed E-state index contributed by atoms with van der Waals surface area (Å²) < 4.78 is 33.3. The Hall–Kier alpha value is -3.01. The quantitative estimate of drug-likeness (QED) is 0.617. The number of nitrogens with one attached hydrogen (secondary N) is 2. The molecule has 1 aliphatic heterocycles. The second-order valence-electron chi connectivity index (χ2n) is 10.2. The van der Waals surface area contributed by atoms with Crippen molar-refractivity contribution in [2.75, 3.05) is 26.0 Å². The van der Waals surface area contributed by atoms with Gasteiger partial charge in [-0.25, -0.2) is 13.6 Å². The molecule has 2 heterocycles. The van der Waals surface area contributed by atoms with E-state index in [4.69, 9.17) is 4.74 Å². The van der Waals surface area contributed by atoms with E-state index in [0.29, 0.717) is 29.8 Å². The number of aromatic amines is 1. The first-order chi connectivity index (χ1) is 16.6. The molecule has 0 unspecified atom stereocenters. The molecule has 0 spiro atoms. The highest BCUT2D eigenvalue weighted by atomic mass is 19.1. The molecule has 190 valence electrons. The van der Waals surface area contributed by atoms with Crippen LogP contribution in [0.2, 0.25) is 0 Å². The van der Waals surface area contributed by atoms with E-state index in [1.807, 2.05) is 32.8 Å². The number of nitrogens with zero attached hydrogens (tertiary/aromatic N) is 3. The van der Waals surface area contributed by atoms with Gasteiger partial charge in [0.1, 0.15) is 17.7 Å². The molecule has 1 aromatic heterocycles. The van der Waals surface area contributed by atoms with Crippen LogP contribution in [0.1, 0.15) is 67.6 Å². The van der Waals surface area contributed by atoms with Crippen molar-refractivity contribution in [3.63, 3.8) is 0 Å². The zero-order valence-corrected chi connectivity index (χ0v) is 20.7. The monoisotopic (exact) mass is 489 g/mol. The summed E-state index contributed by atoms with van der Waals surface area (Å²) in [5.74, 6) is -1.94. The van der Waals surface area contributed by atoms with Crippen molar-refractivity contribution < 1.29 is 23.1 Å². The largest absolute Gasteiger partial charge is 0.444 e. The Morgan fingerprint density at radius 1 is 1.26 bits per heavy atom. The SMILES string of the molecule is CN(C)C[C@@H](OC(=O)N1Cc2c(NC(=O)c3ccc(F)cc3F)n[nH]c2C1(C)C)C1CCCCC1. The van der Waals surface area contributed by atoms with Gasteiger partial charge in [-0.15, -0.1) is 0 Å². The maximum atomic E-state index is 14.1. The molecule has 10 heteroatoms. The average Bonchev–Trinajstić information content (AvgIpc) is 3.31. The van der Waals surface area contributed by atoms with Crippen molar-refractivity contribution in [3.8, 4) is 0 Å². The van der Waals surface area contributed by atoms with Crippen LogP contribution in [-0.2, 0) is 16.8 Å². The predicted octanol–water partition coefficient (Wildman–Crippen LogP) is 4.64. The van der Waals surface area contributed by atoms with E-state index in [0.717, 1.165) is 37.8 Å². The van der Waals surface area contributed by atoms with Crippen molar-refractivity contribution in [3.05, 3.63) is 46.7 Å². The van der Waals surface area contributed by atoms with Gasteiger partial charge in [-0.3, -0.25) is 14.8 Å². The number of fused-ring (bicyclic) bond motifs is 1. The summed E-state index contributed by atoms with van der Waals surface area (Å²) in [6, 6.07) is 2.75. The number of carbonyl (C=O) groups excluding carboxylic acids is 2. The maximum absolute atomic E-state index is 14.1. The molecule has 8 nitrogen and oxygen atoms in total. The zero-order chi connectivity index (χ0) is 25.3. The van der Waals surface area contributed by atoms with Gasteiger partial charge in [0.25, 0.3) is 5.91 Å². The number of carbonyl (C=O) groups is 2. The zero-order valence-electron chi connectivity index (χ0n) is 20.7. The number of benzene rings is 1. The fourth-order valence-corrected chi connectivity index (χ4v) is 5.10. The van der Waals surface area contributed by atoms with E-state index in [1.165, 1.54) is 6.42 Å². The molecule has 1 aromatic carbocycles. The molecular weight excluding hydrogens is 456 g/mol. The summed E-state index contributed by atoms with van der Waals surface area (Å²) in [7, 11) is 3.94. The lowest BCUT2D eigenvalue weighted by molar-refractivity contribution is -0.00392. The average molecular weight is 490 g/mol. The van der Waals surface area contributed by atoms with Crippen molar-refractivity contribution in [1.82, 2.24) is 20.0 Å². The van der Waals surface area contributed by atoms with Crippen LogP contribution in [0.15, 0.2) is 18.2 Å². The van der Waals surface area contributed by atoms with Crippen molar-refractivity contribution >= 4 is 17.8 Å². The van der Waals surface area contributed by atoms with Gasteiger partial charge in [-0.1, -0.05) is 19.3 Å². The Morgan fingerprint density at radius 2 is 1.97 bits per heavy atom. The van der Waals surface area contributed by atoms with E-state index in [1.54, 1.807) is 4.90 Å². The van der Waals surface area contributed by atoms with E-state index < -0.39 is 29.2 Å². The molecule has 1 atom stereocenters. The number of likely N-dealkylation sites (N-methyl/N-ethyl adjacent to an activating group) is 1. The van der Waals surface area contributed by atoms with Crippen LogP contribution < -0.4 is 5.32 Å². The Balaban J connectivity index is 1.50. The van der Waals surface area contributed by atoms with Crippen molar-refractivity contribution in [2.24, 2.45) is 5.92 Å². The highest BCUT2D eigenvalue weighted by Crippen LogP contribution is 2.41. The van der Waals surface area contributed by atoms with Crippen molar-refractivity contribution in [1.29, 1.82) is 0 Å². The molecule has 1 saturated carbocycles.